The molecule has 1 fully saturated rings. The Morgan fingerprint density at radius 2 is 1.90 bits per heavy atom. The zero-order valence-corrected chi connectivity index (χ0v) is 16.0. The van der Waals surface area contributed by atoms with Crippen molar-refractivity contribution >= 4 is 6.08 Å². The van der Waals surface area contributed by atoms with Crippen molar-refractivity contribution in [2.45, 2.75) is 36.8 Å². The maximum absolute atomic E-state index is 9.93. The molecule has 1 aromatic carbocycles. The molecule has 1 aliphatic heterocycles. The van der Waals surface area contributed by atoms with Gasteiger partial charge in [0.1, 0.15) is 30.5 Å². The van der Waals surface area contributed by atoms with Crippen LogP contribution in [0.25, 0.3) is 6.08 Å². The number of ether oxygens (including phenoxy) is 4. The minimum atomic E-state index is -1.54. The Morgan fingerprint density at radius 3 is 2.55 bits per heavy atom. The molecule has 2 rings (SSSR count). The average molecular weight is 416 g/mol. The number of phenols is 1. The van der Waals surface area contributed by atoms with Gasteiger partial charge < -0.3 is 49.6 Å². The highest BCUT2D eigenvalue weighted by atomic mass is 16.7. The molecule has 0 bridgehead atoms. The summed E-state index contributed by atoms with van der Waals surface area (Å²) in [7, 11) is 1.45. The molecule has 0 aliphatic carbocycles. The summed E-state index contributed by atoms with van der Waals surface area (Å²) in [4.78, 5) is 0. The van der Waals surface area contributed by atoms with Gasteiger partial charge in [0.2, 0.25) is 0 Å². The second-order valence-electron chi connectivity index (χ2n) is 6.50. The fourth-order valence-corrected chi connectivity index (χ4v) is 2.73. The minimum absolute atomic E-state index is 0.0339. The second-order valence-corrected chi connectivity index (χ2v) is 6.50. The number of aliphatic hydroxyl groups is 5. The number of aromatic hydroxyl groups is 1. The molecule has 0 spiro atoms. The summed E-state index contributed by atoms with van der Waals surface area (Å²) in [6.45, 7) is -0.928. The normalized spacial score (nSPS) is 28.6. The molecule has 1 heterocycles. The Labute approximate surface area is 168 Å². The molecule has 10 nitrogen and oxygen atoms in total. The lowest BCUT2D eigenvalue weighted by atomic mass is 9.99. The van der Waals surface area contributed by atoms with Crippen LogP contribution in [0.1, 0.15) is 5.56 Å². The van der Waals surface area contributed by atoms with Crippen LogP contribution in [-0.4, -0.2) is 101 Å². The van der Waals surface area contributed by atoms with E-state index in [0.29, 0.717) is 5.75 Å². The fraction of sp³-hybridized carbons (Fsp3) is 0.579. The number of hydrogen-bond acceptors (Lipinski definition) is 10. The van der Waals surface area contributed by atoms with Crippen LogP contribution in [0.2, 0.25) is 0 Å². The molecular weight excluding hydrogens is 388 g/mol. The Balaban J connectivity index is 1.81. The van der Waals surface area contributed by atoms with E-state index in [0.717, 1.165) is 5.56 Å². The molecule has 0 radical (unpaired) electrons. The zero-order chi connectivity index (χ0) is 21.4. The van der Waals surface area contributed by atoms with Crippen molar-refractivity contribution in [2.75, 3.05) is 33.5 Å². The zero-order valence-electron chi connectivity index (χ0n) is 16.0. The van der Waals surface area contributed by atoms with E-state index in [1.54, 1.807) is 24.3 Å². The summed E-state index contributed by atoms with van der Waals surface area (Å²) >= 11 is 0. The molecule has 10 heteroatoms. The van der Waals surface area contributed by atoms with Gasteiger partial charge in [0, 0.05) is 0 Å². The van der Waals surface area contributed by atoms with Crippen molar-refractivity contribution in [3.63, 3.8) is 0 Å². The summed E-state index contributed by atoms with van der Waals surface area (Å²) in [5, 5.41) is 57.6. The molecule has 1 aliphatic rings. The van der Waals surface area contributed by atoms with Gasteiger partial charge in [0.25, 0.3) is 0 Å². The van der Waals surface area contributed by atoms with E-state index in [-0.39, 0.29) is 25.6 Å². The highest BCUT2D eigenvalue weighted by molar-refractivity contribution is 5.55. The highest BCUT2D eigenvalue weighted by Crippen LogP contribution is 2.26. The third-order valence-corrected chi connectivity index (χ3v) is 4.44. The van der Waals surface area contributed by atoms with Crippen molar-refractivity contribution in [3.05, 3.63) is 29.8 Å². The van der Waals surface area contributed by atoms with Crippen LogP contribution < -0.4 is 4.74 Å². The lowest BCUT2D eigenvalue weighted by Crippen LogP contribution is -2.59. The number of benzene rings is 1. The van der Waals surface area contributed by atoms with Crippen molar-refractivity contribution in [3.8, 4) is 11.5 Å². The van der Waals surface area contributed by atoms with E-state index in [2.05, 4.69) is 0 Å². The molecule has 164 valence electrons. The molecular formula is C19H28O10. The maximum Gasteiger partial charge on any atom is 0.186 e. The van der Waals surface area contributed by atoms with Gasteiger partial charge in [-0.25, -0.2) is 0 Å². The largest absolute Gasteiger partial charge is 0.504 e. The third-order valence-electron chi connectivity index (χ3n) is 4.44. The molecule has 6 atom stereocenters. The summed E-state index contributed by atoms with van der Waals surface area (Å²) in [6.07, 6.45) is -4.18. The second kappa shape index (κ2) is 11.4. The van der Waals surface area contributed by atoms with Gasteiger partial charge in [0.05, 0.1) is 33.5 Å². The SMILES string of the molecule is COc1cc(C=CCOC(CO)COC2OC(CO)C(O)C(O)C2O)ccc1O. The standard InChI is InChI=1S/C19H28O10/c1-26-14-7-11(4-5-13(14)22)3-2-6-27-12(8-20)10-28-19-18(25)17(24)16(23)15(9-21)29-19/h2-5,7,12,15-25H,6,8-10H2,1H3. The molecule has 1 aromatic rings. The van der Waals surface area contributed by atoms with E-state index < -0.39 is 43.4 Å². The van der Waals surface area contributed by atoms with Gasteiger partial charge in [-0.3, -0.25) is 0 Å². The summed E-state index contributed by atoms with van der Waals surface area (Å²) in [5.41, 5.74) is 0.779. The monoisotopic (exact) mass is 416 g/mol. The number of phenolic OH excluding ortho intramolecular Hbond substituents is 1. The quantitative estimate of drug-likeness (QED) is 0.268. The van der Waals surface area contributed by atoms with Crippen molar-refractivity contribution < 1.29 is 49.6 Å². The van der Waals surface area contributed by atoms with E-state index >= 15 is 0 Å². The van der Waals surface area contributed by atoms with Gasteiger partial charge in [0.15, 0.2) is 17.8 Å². The third kappa shape index (κ3) is 6.36. The Kier molecular flexibility index (Phi) is 9.27. The lowest BCUT2D eigenvalue weighted by Gasteiger charge is -2.39. The molecule has 0 saturated carbocycles. The smallest absolute Gasteiger partial charge is 0.186 e. The van der Waals surface area contributed by atoms with Crippen LogP contribution in [0.5, 0.6) is 11.5 Å². The number of hydrogen-bond donors (Lipinski definition) is 6. The van der Waals surface area contributed by atoms with Gasteiger partial charge in [-0.15, -0.1) is 0 Å². The van der Waals surface area contributed by atoms with Crippen LogP contribution in [0.3, 0.4) is 0 Å². The van der Waals surface area contributed by atoms with Gasteiger partial charge in [-0.1, -0.05) is 18.2 Å². The summed E-state index contributed by atoms with van der Waals surface area (Å²) in [6, 6.07) is 4.85. The maximum atomic E-state index is 9.93. The number of aliphatic hydroxyl groups excluding tert-OH is 5. The lowest BCUT2D eigenvalue weighted by molar-refractivity contribution is -0.305. The van der Waals surface area contributed by atoms with E-state index in [1.807, 2.05) is 0 Å². The number of methoxy groups -OCH3 is 1. The Morgan fingerprint density at radius 1 is 1.14 bits per heavy atom. The van der Waals surface area contributed by atoms with Crippen LogP contribution in [-0.2, 0) is 14.2 Å². The topological polar surface area (TPSA) is 158 Å². The van der Waals surface area contributed by atoms with Crippen LogP contribution >= 0.6 is 0 Å². The van der Waals surface area contributed by atoms with E-state index in [9.17, 15) is 25.5 Å². The molecule has 0 amide bonds. The van der Waals surface area contributed by atoms with Gasteiger partial charge >= 0.3 is 0 Å². The molecule has 1 saturated heterocycles. The molecule has 6 unspecified atom stereocenters. The van der Waals surface area contributed by atoms with Crippen LogP contribution in [0, 0.1) is 0 Å². The minimum Gasteiger partial charge on any atom is -0.504 e. The fourth-order valence-electron chi connectivity index (χ4n) is 2.73. The molecule has 6 N–H and O–H groups in total. The van der Waals surface area contributed by atoms with Crippen molar-refractivity contribution in [2.24, 2.45) is 0 Å². The summed E-state index contributed by atoms with van der Waals surface area (Å²) in [5.74, 6) is 0.376. The predicted octanol–water partition coefficient (Wildman–Crippen LogP) is -1.39. The Hall–Kier alpha value is -1.76. The van der Waals surface area contributed by atoms with Crippen LogP contribution in [0.4, 0.5) is 0 Å². The average Bonchev–Trinajstić information content (AvgIpc) is 2.73. The first-order chi connectivity index (χ1) is 13.9. The first kappa shape index (κ1) is 23.5. The van der Waals surface area contributed by atoms with Gasteiger partial charge in [-0.05, 0) is 17.7 Å². The van der Waals surface area contributed by atoms with E-state index in [4.69, 9.17) is 24.1 Å². The first-order valence-corrected chi connectivity index (χ1v) is 9.09. The summed E-state index contributed by atoms with van der Waals surface area (Å²) < 4.78 is 21.1. The molecule has 29 heavy (non-hydrogen) atoms. The first-order valence-electron chi connectivity index (χ1n) is 9.09. The van der Waals surface area contributed by atoms with Gasteiger partial charge in [-0.2, -0.15) is 0 Å². The Bertz CT molecular complexity index is 650. The number of rotatable bonds is 10. The highest BCUT2D eigenvalue weighted by Gasteiger charge is 2.44. The van der Waals surface area contributed by atoms with Crippen LogP contribution in [0.15, 0.2) is 24.3 Å². The van der Waals surface area contributed by atoms with Crippen molar-refractivity contribution in [1.29, 1.82) is 0 Å². The predicted molar refractivity (Wildman–Crippen MR) is 100 cm³/mol. The molecule has 0 aromatic heterocycles. The van der Waals surface area contributed by atoms with Crippen molar-refractivity contribution in [1.82, 2.24) is 0 Å². The van der Waals surface area contributed by atoms with E-state index in [1.165, 1.54) is 13.2 Å².